The van der Waals surface area contributed by atoms with Crippen LogP contribution in [0.15, 0.2) is 11.2 Å². The molecule has 2 N–H and O–H groups in total. The Kier molecular flexibility index (Phi) is 3.88. The number of hydrogen-bond acceptors (Lipinski definition) is 6. The zero-order chi connectivity index (χ0) is 12.3. The molecule has 0 saturated heterocycles. The second-order valence-corrected chi connectivity index (χ2v) is 5.78. The Balaban J connectivity index is 2.70. The monoisotopic (exact) mass is 266 g/mol. The first kappa shape index (κ1) is 12.9. The van der Waals surface area contributed by atoms with Gasteiger partial charge in [0.05, 0.1) is 10.7 Å². The topological polar surface area (TPSA) is 121 Å². The molecule has 0 aliphatic heterocycles. The van der Waals surface area contributed by atoms with E-state index >= 15 is 0 Å². The van der Waals surface area contributed by atoms with Gasteiger partial charge in [0.1, 0.15) is 6.20 Å². The molecule has 16 heavy (non-hydrogen) atoms. The molecule has 0 amide bonds. The zero-order valence-electron chi connectivity index (χ0n) is 8.36. The predicted octanol–water partition coefficient (Wildman–Crippen LogP) is -0.291. The van der Waals surface area contributed by atoms with Gasteiger partial charge in [-0.15, -0.1) is 0 Å². The highest BCUT2D eigenvalue weighted by Gasteiger charge is 2.19. The number of nitrogens with zero attached hydrogens (tertiary/aromatic N) is 3. The fraction of sp³-hybridized carbons (Fsp3) is 0.500. The SMILES string of the molecule is Cn1cc([N+](=O)[O-])c(SCCS(N)(=O)=O)n1. The van der Waals surface area contributed by atoms with Gasteiger partial charge in [0.25, 0.3) is 0 Å². The highest BCUT2D eigenvalue weighted by atomic mass is 32.2. The molecule has 1 rings (SSSR count). The Labute approximate surface area is 96.0 Å². The van der Waals surface area contributed by atoms with Crippen molar-refractivity contribution in [2.45, 2.75) is 5.03 Å². The molecule has 0 saturated carbocycles. The van der Waals surface area contributed by atoms with Crippen LogP contribution in [0.25, 0.3) is 0 Å². The fourth-order valence-corrected chi connectivity index (χ4v) is 2.86. The molecule has 1 heterocycles. The number of aryl methyl sites for hydroxylation is 1. The Morgan fingerprint density at radius 1 is 1.69 bits per heavy atom. The van der Waals surface area contributed by atoms with E-state index in [1.807, 2.05) is 0 Å². The van der Waals surface area contributed by atoms with E-state index in [4.69, 9.17) is 5.14 Å². The fourth-order valence-electron chi connectivity index (χ4n) is 0.938. The summed E-state index contributed by atoms with van der Waals surface area (Å²) in [4.78, 5) is 10.0. The van der Waals surface area contributed by atoms with Crippen molar-refractivity contribution in [3.8, 4) is 0 Å². The molecule has 0 aliphatic carbocycles. The number of nitro groups is 1. The van der Waals surface area contributed by atoms with E-state index in [1.54, 1.807) is 7.05 Å². The minimum absolute atomic E-state index is 0.136. The van der Waals surface area contributed by atoms with Crippen LogP contribution in [0.1, 0.15) is 0 Å². The van der Waals surface area contributed by atoms with Gasteiger partial charge in [0, 0.05) is 12.8 Å². The molecule has 90 valence electrons. The molecule has 0 aliphatic rings. The number of primary sulfonamides is 1. The van der Waals surface area contributed by atoms with Crippen LogP contribution in [0.2, 0.25) is 0 Å². The van der Waals surface area contributed by atoms with Gasteiger partial charge in [-0.3, -0.25) is 14.8 Å². The molecule has 0 aromatic carbocycles. The first-order valence-corrected chi connectivity index (χ1v) is 6.81. The lowest BCUT2D eigenvalue weighted by atomic mass is 10.6. The standard InChI is InChI=1S/C6H10N4O4S2/c1-9-4-5(10(11)12)6(8-9)15-2-3-16(7,13)14/h4H,2-3H2,1H3,(H2,7,13,14). The van der Waals surface area contributed by atoms with Crippen LogP contribution in [-0.4, -0.2) is 34.6 Å². The average Bonchev–Trinajstić information content (AvgIpc) is 2.44. The second kappa shape index (κ2) is 4.80. The molecular formula is C6H10N4O4S2. The zero-order valence-corrected chi connectivity index (χ0v) is 9.99. The Hall–Kier alpha value is -1.13. The quantitative estimate of drug-likeness (QED) is 0.444. The Morgan fingerprint density at radius 2 is 2.31 bits per heavy atom. The molecule has 0 fully saturated rings. The molecule has 10 heteroatoms. The van der Waals surface area contributed by atoms with Crippen molar-refractivity contribution in [1.29, 1.82) is 0 Å². The summed E-state index contributed by atoms with van der Waals surface area (Å²) in [5.74, 6) is -0.109. The van der Waals surface area contributed by atoms with Gasteiger partial charge in [-0.1, -0.05) is 11.8 Å². The van der Waals surface area contributed by atoms with E-state index in [-0.39, 0.29) is 22.2 Å². The first-order valence-electron chi connectivity index (χ1n) is 4.11. The van der Waals surface area contributed by atoms with E-state index in [0.717, 1.165) is 11.8 Å². The van der Waals surface area contributed by atoms with Gasteiger partial charge in [-0.2, -0.15) is 5.10 Å². The van der Waals surface area contributed by atoms with E-state index in [1.165, 1.54) is 10.9 Å². The second-order valence-electron chi connectivity index (χ2n) is 2.97. The Bertz CT molecular complexity index is 495. The lowest BCUT2D eigenvalue weighted by Gasteiger charge is -1.96. The summed E-state index contributed by atoms with van der Waals surface area (Å²) in [6.07, 6.45) is 1.26. The summed E-state index contributed by atoms with van der Waals surface area (Å²) in [6.45, 7) is 0. The van der Waals surface area contributed by atoms with Crippen LogP contribution < -0.4 is 5.14 Å². The van der Waals surface area contributed by atoms with E-state index < -0.39 is 14.9 Å². The van der Waals surface area contributed by atoms with Crippen LogP contribution in [0, 0.1) is 10.1 Å². The number of rotatable bonds is 5. The van der Waals surface area contributed by atoms with Crippen LogP contribution in [0.3, 0.4) is 0 Å². The van der Waals surface area contributed by atoms with Gasteiger partial charge in [0.15, 0.2) is 5.03 Å². The number of hydrogen-bond donors (Lipinski definition) is 1. The van der Waals surface area contributed by atoms with Crippen molar-refractivity contribution in [2.75, 3.05) is 11.5 Å². The van der Waals surface area contributed by atoms with Crippen molar-refractivity contribution in [1.82, 2.24) is 9.78 Å². The molecule has 1 aromatic heterocycles. The van der Waals surface area contributed by atoms with Crippen molar-refractivity contribution >= 4 is 27.5 Å². The number of aromatic nitrogens is 2. The minimum atomic E-state index is -3.55. The highest BCUT2D eigenvalue weighted by molar-refractivity contribution is 8.00. The summed E-state index contributed by atoms with van der Waals surface area (Å²) < 4.78 is 22.6. The minimum Gasteiger partial charge on any atom is -0.267 e. The summed E-state index contributed by atoms with van der Waals surface area (Å²) in [7, 11) is -1.99. The third kappa shape index (κ3) is 3.79. The largest absolute Gasteiger partial charge is 0.320 e. The number of sulfonamides is 1. The van der Waals surface area contributed by atoms with Crippen LogP contribution in [-0.2, 0) is 17.1 Å². The predicted molar refractivity (Wildman–Crippen MR) is 58.6 cm³/mol. The lowest BCUT2D eigenvalue weighted by Crippen LogP contribution is -2.17. The number of thioether (sulfide) groups is 1. The van der Waals surface area contributed by atoms with E-state index in [9.17, 15) is 18.5 Å². The van der Waals surface area contributed by atoms with Gasteiger partial charge in [-0.05, 0) is 0 Å². The van der Waals surface area contributed by atoms with Gasteiger partial charge >= 0.3 is 5.69 Å². The summed E-state index contributed by atoms with van der Waals surface area (Å²) in [5, 5.41) is 19.4. The molecule has 0 radical (unpaired) electrons. The van der Waals surface area contributed by atoms with Gasteiger partial charge in [0.2, 0.25) is 10.0 Å². The molecule has 0 bridgehead atoms. The van der Waals surface area contributed by atoms with Crippen LogP contribution in [0.5, 0.6) is 0 Å². The average molecular weight is 266 g/mol. The van der Waals surface area contributed by atoms with Crippen LogP contribution in [0.4, 0.5) is 5.69 Å². The summed E-state index contributed by atoms with van der Waals surface area (Å²) in [6, 6.07) is 0. The third-order valence-corrected chi connectivity index (χ3v) is 3.58. The van der Waals surface area contributed by atoms with Crippen molar-refractivity contribution in [2.24, 2.45) is 12.2 Å². The van der Waals surface area contributed by atoms with Crippen LogP contribution >= 0.6 is 11.8 Å². The normalized spacial score (nSPS) is 11.6. The first-order chi connectivity index (χ1) is 7.29. The van der Waals surface area contributed by atoms with Gasteiger partial charge in [-0.25, -0.2) is 13.6 Å². The van der Waals surface area contributed by atoms with E-state index in [2.05, 4.69) is 5.10 Å². The summed E-state index contributed by atoms with van der Waals surface area (Å²) >= 11 is 0.990. The van der Waals surface area contributed by atoms with Crippen molar-refractivity contribution in [3.05, 3.63) is 16.3 Å². The highest BCUT2D eigenvalue weighted by Crippen LogP contribution is 2.26. The van der Waals surface area contributed by atoms with E-state index in [0.29, 0.717) is 0 Å². The third-order valence-electron chi connectivity index (χ3n) is 1.58. The Morgan fingerprint density at radius 3 is 2.81 bits per heavy atom. The molecule has 1 aromatic rings. The van der Waals surface area contributed by atoms with Crippen molar-refractivity contribution in [3.63, 3.8) is 0 Å². The molecule has 0 spiro atoms. The smallest absolute Gasteiger partial charge is 0.267 e. The maximum Gasteiger partial charge on any atom is 0.320 e. The maximum atomic E-state index is 10.7. The lowest BCUT2D eigenvalue weighted by molar-refractivity contribution is -0.387. The number of nitrogens with two attached hydrogens (primary N) is 1. The maximum absolute atomic E-state index is 10.7. The molecule has 8 nitrogen and oxygen atoms in total. The molecular weight excluding hydrogens is 256 g/mol. The summed E-state index contributed by atoms with van der Waals surface area (Å²) in [5.41, 5.74) is -0.137. The van der Waals surface area contributed by atoms with Crippen molar-refractivity contribution < 1.29 is 13.3 Å². The molecule has 0 unspecified atom stereocenters. The molecule has 0 atom stereocenters. The van der Waals surface area contributed by atoms with Gasteiger partial charge < -0.3 is 0 Å².